The van der Waals surface area contributed by atoms with E-state index in [2.05, 4.69) is 4.90 Å². The van der Waals surface area contributed by atoms with E-state index in [1.54, 1.807) is 6.07 Å². The first-order valence-corrected chi connectivity index (χ1v) is 5.88. The molecule has 0 bridgehead atoms. The van der Waals surface area contributed by atoms with Crippen molar-refractivity contribution in [1.29, 1.82) is 0 Å². The first kappa shape index (κ1) is 11.6. The van der Waals surface area contributed by atoms with Gasteiger partial charge in [-0.05, 0) is 38.0 Å². The lowest BCUT2D eigenvalue weighted by Gasteiger charge is -2.37. The Balaban J connectivity index is 2.14. The molecule has 0 aliphatic carbocycles. The van der Waals surface area contributed by atoms with E-state index >= 15 is 0 Å². The zero-order valence-electron chi connectivity index (χ0n) is 9.41. The van der Waals surface area contributed by atoms with Crippen molar-refractivity contribution in [3.8, 4) is 0 Å². The summed E-state index contributed by atoms with van der Waals surface area (Å²) in [5.41, 5.74) is 7.12. The normalized spacial score (nSPS) is 19.8. The molecule has 3 nitrogen and oxygen atoms in total. The van der Waals surface area contributed by atoms with E-state index in [-0.39, 0.29) is 0 Å². The summed E-state index contributed by atoms with van der Waals surface area (Å²) in [6, 6.07) is 5.56. The number of hydrogen-bond donors (Lipinski definition) is 2. The van der Waals surface area contributed by atoms with Crippen LogP contribution in [0.25, 0.3) is 0 Å². The molecule has 16 heavy (non-hydrogen) atoms. The minimum atomic E-state index is -0.530. The fourth-order valence-electron chi connectivity index (χ4n) is 2.04. The number of benzene rings is 1. The van der Waals surface area contributed by atoms with Gasteiger partial charge in [-0.2, -0.15) is 0 Å². The van der Waals surface area contributed by atoms with Crippen molar-refractivity contribution in [2.75, 3.05) is 23.7 Å². The van der Waals surface area contributed by atoms with Crippen molar-refractivity contribution in [2.24, 2.45) is 0 Å². The monoisotopic (exact) mass is 240 g/mol. The molecule has 2 rings (SSSR count). The van der Waals surface area contributed by atoms with E-state index in [9.17, 15) is 5.11 Å². The van der Waals surface area contributed by atoms with Crippen LogP contribution in [-0.2, 0) is 0 Å². The summed E-state index contributed by atoms with van der Waals surface area (Å²) in [6.07, 6.45) is 1.55. The molecule has 1 aromatic rings. The van der Waals surface area contributed by atoms with Crippen LogP contribution in [-0.4, -0.2) is 23.8 Å². The van der Waals surface area contributed by atoms with Gasteiger partial charge < -0.3 is 15.7 Å². The highest BCUT2D eigenvalue weighted by molar-refractivity contribution is 6.31. The van der Waals surface area contributed by atoms with Gasteiger partial charge in [0.2, 0.25) is 0 Å². The van der Waals surface area contributed by atoms with Crippen LogP contribution in [0.15, 0.2) is 18.2 Å². The number of nitrogens with zero attached hydrogens (tertiary/aromatic N) is 1. The maximum Gasteiger partial charge on any atom is 0.0653 e. The van der Waals surface area contributed by atoms with Crippen molar-refractivity contribution < 1.29 is 5.11 Å². The zero-order chi connectivity index (χ0) is 11.8. The van der Waals surface area contributed by atoms with Gasteiger partial charge in [-0.3, -0.25) is 0 Å². The first-order chi connectivity index (χ1) is 7.48. The number of hydrogen-bond acceptors (Lipinski definition) is 3. The topological polar surface area (TPSA) is 49.5 Å². The number of rotatable bonds is 1. The lowest BCUT2D eigenvalue weighted by atomic mass is 9.93. The summed E-state index contributed by atoms with van der Waals surface area (Å²) in [5, 5.41) is 10.5. The minimum absolute atomic E-state index is 0.530. The van der Waals surface area contributed by atoms with Crippen molar-refractivity contribution >= 4 is 23.0 Å². The highest BCUT2D eigenvalue weighted by Crippen LogP contribution is 2.31. The van der Waals surface area contributed by atoms with Gasteiger partial charge >= 0.3 is 0 Å². The van der Waals surface area contributed by atoms with Gasteiger partial charge in [0, 0.05) is 18.1 Å². The summed E-state index contributed by atoms with van der Waals surface area (Å²) in [6.45, 7) is 3.55. The molecule has 0 amide bonds. The first-order valence-electron chi connectivity index (χ1n) is 5.50. The van der Waals surface area contributed by atoms with Crippen LogP contribution in [0.4, 0.5) is 11.4 Å². The molecule has 1 heterocycles. The molecule has 1 aliphatic rings. The predicted octanol–water partition coefficient (Wildman–Crippen LogP) is 2.27. The average molecular weight is 241 g/mol. The molecule has 4 heteroatoms. The molecule has 3 N–H and O–H groups in total. The van der Waals surface area contributed by atoms with Crippen LogP contribution in [0.2, 0.25) is 5.02 Å². The van der Waals surface area contributed by atoms with Crippen molar-refractivity contribution in [2.45, 2.75) is 25.4 Å². The highest BCUT2D eigenvalue weighted by Gasteiger charge is 2.27. The predicted molar refractivity (Wildman–Crippen MR) is 67.9 cm³/mol. The van der Waals surface area contributed by atoms with Crippen molar-refractivity contribution in [1.82, 2.24) is 0 Å². The SMILES string of the molecule is CC1(O)CCN(c2ccc(Cl)cc2N)CC1. The van der Waals surface area contributed by atoms with Gasteiger partial charge in [0.1, 0.15) is 0 Å². The smallest absolute Gasteiger partial charge is 0.0653 e. The van der Waals surface area contributed by atoms with Gasteiger partial charge in [0.15, 0.2) is 0 Å². The molecule has 0 saturated carbocycles. The summed E-state index contributed by atoms with van der Waals surface area (Å²) >= 11 is 5.86. The van der Waals surface area contributed by atoms with Gasteiger partial charge in [-0.15, -0.1) is 0 Å². The summed E-state index contributed by atoms with van der Waals surface area (Å²) in [5.74, 6) is 0. The molecule has 1 aromatic carbocycles. The molecule has 1 fully saturated rings. The maximum absolute atomic E-state index is 9.87. The third kappa shape index (κ3) is 2.42. The summed E-state index contributed by atoms with van der Waals surface area (Å²) in [7, 11) is 0. The largest absolute Gasteiger partial charge is 0.397 e. The van der Waals surface area contributed by atoms with Gasteiger partial charge in [-0.25, -0.2) is 0 Å². The van der Waals surface area contributed by atoms with Gasteiger partial charge in [0.25, 0.3) is 0 Å². The number of piperidine rings is 1. The zero-order valence-corrected chi connectivity index (χ0v) is 10.2. The van der Waals surface area contributed by atoms with Crippen molar-refractivity contribution in [3.05, 3.63) is 23.2 Å². The second-order valence-corrected chi connectivity index (χ2v) is 5.12. The number of aliphatic hydroxyl groups is 1. The summed E-state index contributed by atoms with van der Waals surface area (Å²) in [4.78, 5) is 2.20. The molecule has 0 unspecified atom stereocenters. The molecule has 1 saturated heterocycles. The van der Waals surface area contributed by atoms with Crippen LogP contribution in [0.1, 0.15) is 19.8 Å². The second-order valence-electron chi connectivity index (χ2n) is 4.69. The van der Waals surface area contributed by atoms with E-state index in [1.807, 2.05) is 19.1 Å². The molecule has 88 valence electrons. The Bertz CT molecular complexity index is 383. The fraction of sp³-hybridized carbons (Fsp3) is 0.500. The second kappa shape index (κ2) is 4.15. The number of nitrogens with two attached hydrogens (primary N) is 1. The van der Waals surface area contributed by atoms with E-state index in [0.29, 0.717) is 10.7 Å². The van der Waals surface area contributed by atoms with Gasteiger partial charge in [-0.1, -0.05) is 11.6 Å². The summed E-state index contributed by atoms with van der Waals surface area (Å²) < 4.78 is 0. The molecular formula is C12H17ClN2O. The van der Waals surface area contributed by atoms with Crippen LogP contribution < -0.4 is 10.6 Å². The Labute approximate surface area is 101 Å². The molecule has 1 aliphatic heterocycles. The standard InChI is InChI=1S/C12H17ClN2O/c1-12(16)4-6-15(7-5-12)11-3-2-9(13)8-10(11)14/h2-3,8,16H,4-7,14H2,1H3. The van der Waals surface area contributed by atoms with E-state index < -0.39 is 5.60 Å². The molecular weight excluding hydrogens is 224 g/mol. The van der Waals surface area contributed by atoms with Crippen LogP contribution in [0.3, 0.4) is 0 Å². The van der Waals surface area contributed by atoms with Crippen LogP contribution in [0.5, 0.6) is 0 Å². The fourth-order valence-corrected chi connectivity index (χ4v) is 2.22. The Morgan fingerprint density at radius 1 is 1.38 bits per heavy atom. The molecule has 0 aromatic heterocycles. The maximum atomic E-state index is 9.87. The van der Waals surface area contributed by atoms with E-state index in [0.717, 1.165) is 31.6 Å². The Morgan fingerprint density at radius 2 is 2.00 bits per heavy atom. The Morgan fingerprint density at radius 3 is 2.56 bits per heavy atom. The lowest BCUT2D eigenvalue weighted by molar-refractivity contribution is 0.0351. The number of halogens is 1. The minimum Gasteiger partial charge on any atom is -0.397 e. The molecule has 0 radical (unpaired) electrons. The molecule has 0 atom stereocenters. The third-order valence-corrected chi connectivity index (χ3v) is 3.41. The van der Waals surface area contributed by atoms with Crippen molar-refractivity contribution in [3.63, 3.8) is 0 Å². The average Bonchev–Trinajstić information content (AvgIpc) is 2.19. The van der Waals surface area contributed by atoms with E-state index in [1.165, 1.54) is 0 Å². The number of nitrogen functional groups attached to an aromatic ring is 1. The molecule has 0 spiro atoms. The Hall–Kier alpha value is -0.930. The van der Waals surface area contributed by atoms with Gasteiger partial charge in [0.05, 0.1) is 17.0 Å². The Kier molecular flexibility index (Phi) is 3.00. The quantitative estimate of drug-likeness (QED) is 0.741. The van der Waals surface area contributed by atoms with Crippen LogP contribution in [0, 0.1) is 0 Å². The van der Waals surface area contributed by atoms with Crippen LogP contribution >= 0.6 is 11.6 Å². The third-order valence-electron chi connectivity index (χ3n) is 3.17. The van der Waals surface area contributed by atoms with E-state index in [4.69, 9.17) is 17.3 Å². The highest BCUT2D eigenvalue weighted by atomic mass is 35.5. The lowest BCUT2D eigenvalue weighted by Crippen LogP contribution is -2.42. The number of anilines is 2.